The second-order valence-corrected chi connectivity index (χ2v) is 9.03. The molecular weight excluding hydrogens is 400 g/mol. The molecule has 0 bridgehead atoms. The van der Waals surface area contributed by atoms with Gasteiger partial charge in [0.25, 0.3) is 0 Å². The fourth-order valence-corrected chi connectivity index (χ4v) is 4.92. The number of benzene rings is 2. The summed E-state index contributed by atoms with van der Waals surface area (Å²) in [6, 6.07) is 9.86. The van der Waals surface area contributed by atoms with E-state index in [0.717, 1.165) is 39.3 Å². The van der Waals surface area contributed by atoms with Gasteiger partial charge in [-0.3, -0.25) is 9.59 Å². The lowest BCUT2D eigenvalue weighted by Crippen LogP contribution is -2.48. The number of hydrogen-bond acceptors (Lipinski definition) is 6. The first-order chi connectivity index (χ1) is 14.1. The van der Waals surface area contributed by atoms with E-state index in [1.165, 1.54) is 25.6 Å². The second kappa shape index (κ2) is 8.72. The van der Waals surface area contributed by atoms with Crippen molar-refractivity contribution in [1.82, 2.24) is 0 Å². The molecule has 2 unspecified atom stereocenters. The van der Waals surface area contributed by atoms with Crippen LogP contribution in [0, 0.1) is 20.8 Å². The number of rotatable bonds is 5. The van der Waals surface area contributed by atoms with E-state index < -0.39 is 11.0 Å². The van der Waals surface area contributed by atoms with Gasteiger partial charge in [0.05, 0.1) is 0 Å². The van der Waals surface area contributed by atoms with Gasteiger partial charge < -0.3 is 14.2 Å². The van der Waals surface area contributed by atoms with Crippen LogP contribution in [-0.2, 0) is 20.7 Å². The van der Waals surface area contributed by atoms with Crippen molar-refractivity contribution in [2.75, 3.05) is 0 Å². The van der Waals surface area contributed by atoms with Crippen molar-refractivity contribution in [3.05, 3.63) is 52.6 Å². The Hall–Kier alpha value is -2.47. The van der Waals surface area contributed by atoms with E-state index in [1.54, 1.807) is 0 Å². The monoisotopic (exact) mass is 428 g/mol. The number of ether oxygens (including phenoxy) is 3. The smallest absolute Gasteiger partial charge is 0.308 e. The molecule has 6 heteroatoms. The zero-order valence-electron chi connectivity index (χ0n) is 18.3. The van der Waals surface area contributed by atoms with Crippen molar-refractivity contribution in [3.8, 4) is 11.5 Å². The molecule has 1 heterocycles. The first kappa shape index (κ1) is 22.2. The first-order valence-corrected chi connectivity index (χ1v) is 10.9. The van der Waals surface area contributed by atoms with Crippen molar-refractivity contribution in [1.29, 1.82) is 0 Å². The maximum Gasteiger partial charge on any atom is 0.308 e. The van der Waals surface area contributed by atoms with Gasteiger partial charge in [0.1, 0.15) is 11.5 Å². The van der Waals surface area contributed by atoms with Gasteiger partial charge in [-0.1, -0.05) is 30.0 Å². The van der Waals surface area contributed by atoms with Crippen LogP contribution < -0.4 is 9.47 Å². The predicted molar refractivity (Wildman–Crippen MR) is 117 cm³/mol. The standard InChI is InChI=1S/C24H28O5S/c1-14-15(2)22-20(16(3)21(14)27-17(4)25)12-13-24(6,29-22)23(28-18(5)26)30-19-10-8-7-9-11-19/h7-11,23H,12-13H2,1-6H3. The molecule has 0 spiro atoms. The average molecular weight is 429 g/mol. The Labute approximate surface area is 182 Å². The molecule has 0 N–H and O–H groups in total. The van der Waals surface area contributed by atoms with Crippen LogP contribution in [0.1, 0.15) is 49.4 Å². The van der Waals surface area contributed by atoms with Gasteiger partial charge in [-0.2, -0.15) is 0 Å². The van der Waals surface area contributed by atoms with Crippen LogP contribution in [0.2, 0.25) is 0 Å². The van der Waals surface area contributed by atoms with Crippen LogP contribution >= 0.6 is 11.8 Å². The molecule has 160 valence electrons. The Morgan fingerprint density at radius 2 is 1.70 bits per heavy atom. The highest BCUT2D eigenvalue weighted by Crippen LogP contribution is 2.47. The Morgan fingerprint density at radius 3 is 2.30 bits per heavy atom. The van der Waals surface area contributed by atoms with Crippen LogP contribution in [0.5, 0.6) is 11.5 Å². The van der Waals surface area contributed by atoms with Crippen molar-refractivity contribution in [2.24, 2.45) is 0 Å². The highest BCUT2D eigenvalue weighted by atomic mass is 32.2. The summed E-state index contributed by atoms with van der Waals surface area (Å²) in [5, 5.41) is 0. The number of thioether (sulfide) groups is 1. The Balaban J connectivity index is 1.99. The molecule has 1 aliphatic heterocycles. The number of carbonyl (C=O) groups is 2. The quantitative estimate of drug-likeness (QED) is 0.279. The van der Waals surface area contributed by atoms with Gasteiger partial charge in [0, 0.05) is 24.3 Å². The molecule has 0 saturated carbocycles. The van der Waals surface area contributed by atoms with E-state index in [9.17, 15) is 9.59 Å². The zero-order valence-corrected chi connectivity index (χ0v) is 19.1. The third-order valence-electron chi connectivity index (χ3n) is 5.52. The maximum atomic E-state index is 11.9. The summed E-state index contributed by atoms with van der Waals surface area (Å²) < 4.78 is 17.8. The molecule has 1 aliphatic rings. The molecule has 2 aromatic rings. The second-order valence-electron chi connectivity index (χ2n) is 7.89. The van der Waals surface area contributed by atoms with Gasteiger partial charge in [-0.05, 0) is 69.4 Å². The van der Waals surface area contributed by atoms with Crippen LogP contribution in [0.3, 0.4) is 0 Å². The van der Waals surface area contributed by atoms with Gasteiger partial charge >= 0.3 is 11.9 Å². The lowest BCUT2D eigenvalue weighted by atomic mass is 9.87. The number of carbonyl (C=O) groups excluding carboxylic acids is 2. The van der Waals surface area contributed by atoms with Gasteiger partial charge in [0.15, 0.2) is 11.0 Å². The SMILES string of the molecule is CC(=O)Oc1c(C)c(C)c2c(c1C)CCC(C)(C(OC(C)=O)Sc1ccccc1)O2. The highest BCUT2D eigenvalue weighted by Gasteiger charge is 2.44. The van der Waals surface area contributed by atoms with Crippen LogP contribution in [0.25, 0.3) is 0 Å². The van der Waals surface area contributed by atoms with Crippen LogP contribution in [-0.4, -0.2) is 23.0 Å². The summed E-state index contributed by atoms with van der Waals surface area (Å²) in [7, 11) is 0. The summed E-state index contributed by atoms with van der Waals surface area (Å²) in [4.78, 5) is 24.4. The molecule has 0 saturated heterocycles. The van der Waals surface area contributed by atoms with E-state index in [2.05, 4.69) is 0 Å². The maximum absolute atomic E-state index is 11.9. The molecular formula is C24H28O5S. The lowest BCUT2D eigenvalue weighted by molar-refractivity contribution is -0.150. The van der Waals surface area contributed by atoms with Crippen molar-refractivity contribution in [3.63, 3.8) is 0 Å². The molecule has 2 atom stereocenters. The molecule has 30 heavy (non-hydrogen) atoms. The topological polar surface area (TPSA) is 61.8 Å². The summed E-state index contributed by atoms with van der Waals surface area (Å²) in [5.74, 6) is 0.728. The number of fused-ring (bicyclic) bond motifs is 1. The third kappa shape index (κ3) is 4.48. The first-order valence-electron chi connectivity index (χ1n) is 10.0. The number of hydrogen-bond donors (Lipinski definition) is 0. The molecule has 3 rings (SSSR count). The summed E-state index contributed by atoms with van der Waals surface area (Å²) in [6.45, 7) is 10.7. The fourth-order valence-electron chi connectivity index (χ4n) is 3.76. The predicted octanol–water partition coefficient (Wildman–Crippen LogP) is 5.30. The summed E-state index contributed by atoms with van der Waals surface area (Å²) in [5.41, 5.74) is 2.57. The molecule has 0 aliphatic carbocycles. The van der Waals surface area contributed by atoms with Gasteiger partial charge in [0.2, 0.25) is 0 Å². The van der Waals surface area contributed by atoms with E-state index in [1.807, 2.05) is 58.0 Å². The zero-order chi connectivity index (χ0) is 22.1. The molecule has 0 aromatic heterocycles. The fraction of sp³-hybridized carbons (Fsp3) is 0.417. The normalized spacial score (nSPS) is 18.7. The number of esters is 2. The summed E-state index contributed by atoms with van der Waals surface area (Å²) in [6.07, 6.45) is 1.40. The van der Waals surface area contributed by atoms with Crippen LogP contribution in [0.15, 0.2) is 35.2 Å². The van der Waals surface area contributed by atoms with E-state index in [4.69, 9.17) is 14.2 Å². The molecule has 0 radical (unpaired) electrons. The van der Waals surface area contributed by atoms with E-state index >= 15 is 0 Å². The third-order valence-corrected chi connectivity index (χ3v) is 6.87. The van der Waals surface area contributed by atoms with Gasteiger partial charge in [-0.25, -0.2) is 0 Å². The lowest BCUT2D eigenvalue weighted by Gasteiger charge is -2.41. The minimum Gasteiger partial charge on any atom is -0.482 e. The van der Waals surface area contributed by atoms with E-state index in [-0.39, 0.29) is 11.9 Å². The molecule has 0 amide bonds. The minimum absolute atomic E-state index is 0.337. The van der Waals surface area contributed by atoms with E-state index in [0.29, 0.717) is 12.2 Å². The molecule has 2 aromatic carbocycles. The van der Waals surface area contributed by atoms with Crippen LogP contribution in [0.4, 0.5) is 0 Å². The van der Waals surface area contributed by atoms with Crippen molar-refractivity contribution >= 4 is 23.7 Å². The largest absolute Gasteiger partial charge is 0.482 e. The minimum atomic E-state index is -0.703. The Kier molecular flexibility index (Phi) is 6.46. The molecule has 5 nitrogen and oxygen atoms in total. The van der Waals surface area contributed by atoms with Crippen molar-refractivity contribution in [2.45, 2.75) is 70.3 Å². The average Bonchev–Trinajstić information content (AvgIpc) is 2.69. The van der Waals surface area contributed by atoms with Crippen molar-refractivity contribution < 1.29 is 23.8 Å². The highest BCUT2D eigenvalue weighted by molar-refractivity contribution is 7.99. The Bertz CT molecular complexity index is 970. The Morgan fingerprint density at radius 1 is 1.03 bits per heavy atom. The van der Waals surface area contributed by atoms with Gasteiger partial charge in [-0.15, -0.1) is 0 Å². The summed E-state index contributed by atoms with van der Waals surface area (Å²) >= 11 is 1.49. The molecule has 0 fully saturated rings.